The van der Waals surface area contributed by atoms with E-state index in [0.29, 0.717) is 18.3 Å². The Morgan fingerprint density at radius 1 is 1.13 bits per heavy atom. The van der Waals surface area contributed by atoms with Crippen LogP contribution >= 0.6 is 0 Å². The number of epoxide rings is 1. The van der Waals surface area contributed by atoms with Gasteiger partial charge in [-0.25, -0.2) is 4.98 Å². The number of hydrogen-bond donors (Lipinski definition) is 0. The molecule has 1 aromatic carbocycles. The molecular weight excluding hydrogens is 380 g/mol. The highest BCUT2D eigenvalue weighted by molar-refractivity contribution is 5.64. The highest BCUT2D eigenvalue weighted by atomic mass is 16.6. The number of nitrogens with zero attached hydrogens (tertiary/aromatic N) is 4. The van der Waals surface area contributed by atoms with Gasteiger partial charge in [0.05, 0.1) is 12.2 Å². The Hall–Kier alpha value is -2.93. The van der Waals surface area contributed by atoms with E-state index in [2.05, 4.69) is 39.9 Å². The lowest BCUT2D eigenvalue weighted by Gasteiger charge is -2.17. The van der Waals surface area contributed by atoms with Crippen molar-refractivity contribution in [2.24, 2.45) is 0 Å². The zero-order chi connectivity index (χ0) is 21.3. The van der Waals surface area contributed by atoms with E-state index < -0.39 is 0 Å². The third kappa shape index (κ3) is 4.16. The molecule has 0 spiro atoms. The molecule has 1 aliphatic rings. The van der Waals surface area contributed by atoms with Gasteiger partial charge in [0.25, 0.3) is 5.89 Å². The van der Waals surface area contributed by atoms with Crippen LogP contribution in [0.2, 0.25) is 0 Å². The molecule has 0 bridgehead atoms. The van der Waals surface area contributed by atoms with Crippen LogP contribution in [0.25, 0.3) is 22.8 Å². The average molecular weight is 409 g/mol. The minimum absolute atomic E-state index is 0.231. The van der Waals surface area contributed by atoms with Crippen LogP contribution in [0.4, 0.5) is 5.82 Å². The molecule has 1 aliphatic heterocycles. The van der Waals surface area contributed by atoms with Gasteiger partial charge in [-0.05, 0) is 62.1 Å². The summed E-state index contributed by atoms with van der Waals surface area (Å²) in [6.07, 6.45) is 2.87. The molecule has 7 nitrogen and oxygen atoms in total. The van der Waals surface area contributed by atoms with Gasteiger partial charge < -0.3 is 18.9 Å². The van der Waals surface area contributed by atoms with Gasteiger partial charge in [0.2, 0.25) is 5.82 Å². The molecule has 30 heavy (non-hydrogen) atoms. The van der Waals surface area contributed by atoms with Crippen molar-refractivity contribution in [3.63, 3.8) is 0 Å². The summed E-state index contributed by atoms with van der Waals surface area (Å²) in [5.74, 6) is 2.91. The van der Waals surface area contributed by atoms with Crippen LogP contribution in [0.1, 0.15) is 30.5 Å². The molecule has 4 rings (SSSR count). The van der Waals surface area contributed by atoms with Crippen molar-refractivity contribution in [3.8, 4) is 28.6 Å². The average Bonchev–Trinajstić information content (AvgIpc) is 3.44. The Morgan fingerprint density at radius 3 is 2.57 bits per heavy atom. The van der Waals surface area contributed by atoms with E-state index in [1.807, 2.05) is 33.0 Å². The molecule has 1 fully saturated rings. The number of aryl methyl sites for hydroxylation is 3. The molecule has 1 unspecified atom stereocenters. The van der Waals surface area contributed by atoms with Crippen LogP contribution in [0.3, 0.4) is 0 Å². The maximum absolute atomic E-state index is 6.00. The maximum atomic E-state index is 6.00. The lowest BCUT2D eigenvalue weighted by Crippen LogP contribution is -2.18. The monoisotopic (exact) mass is 408 g/mol. The van der Waals surface area contributed by atoms with Gasteiger partial charge in [-0.1, -0.05) is 12.1 Å². The van der Waals surface area contributed by atoms with Gasteiger partial charge in [-0.15, -0.1) is 0 Å². The van der Waals surface area contributed by atoms with E-state index in [0.717, 1.165) is 59.0 Å². The Morgan fingerprint density at radius 2 is 1.90 bits per heavy atom. The third-order valence-corrected chi connectivity index (χ3v) is 5.37. The first-order valence-corrected chi connectivity index (χ1v) is 10.4. The van der Waals surface area contributed by atoms with Crippen molar-refractivity contribution < 1.29 is 14.0 Å². The largest absolute Gasteiger partial charge is 0.490 e. The molecule has 0 aliphatic carbocycles. The second-order valence-electron chi connectivity index (χ2n) is 7.70. The molecule has 0 saturated carbocycles. The normalized spacial score (nSPS) is 15.3. The van der Waals surface area contributed by atoms with Crippen molar-refractivity contribution in [3.05, 3.63) is 41.1 Å². The smallest absolute Gasteiger partial charge is 0.259 e. The Bertz CT molecular complexity index is 1040. The summed E-state index contributed by atoms with van der Waals surface area (Å²) in [6.45, 7) is 10.6. The van der Waals surface area contributed by atoms with Gasteiger partial charge >= 0.3 is 0 Å². The van der Waals surface area contributed by atoms with E-state index >= 15 is 0 Å². The molecule has 2 aromatic heterocycles. The summed E-state index contributed by atoms with van der Waals surface area (Å²) in [4.78, 5) is 11.3. The standard InChI is InChI=1S/C23H28N4O3/c1-6-16-10-17(8-14(3)20(16)29-13-19-12-28-19)21-25-23(30-26-21)18-9-15(4)22(24-11-18)27(5)7-2/h8-11,19H,6-7,12-13H2,1-5H3. The van der Waals surface area contributed by atoms with Crippen molar-refractivity contribution in [2.75, 3.05) is 31.7 Å². The van der Waals surface area contributed by atoms with Gasteiger partial charge in [0.1, 0.15) is 24.3 Å². The lowest BCUT2D eigenvalue weighted by atomic mass is 10.0. The molecule has 3 heterocycles. The fourth-order valence-electron chi connectivity index (χ4n) is 3.48. The van der Waals surface area contributed by atoms with Crippen molar-refractivity contribution in [1.82, 2.24) is 15.1 Å². The molecular formula is C23H28N4O3. The number of ether oxygens (including phenoxy) is 2. The number of hydrogen-bond acceptors (Lipinski definition) is 7. The van der Waals surface area contributed by atoms with Crippen LogP contribution in [-0.4, -0.2) is 48.0 Å². The summed E-state index contributed by atoms with van der Waals surface area (Å²) >= 11 is 0. The van der Waals surface area contributed by atoms with Crippen LogP contribution in [0, 0.1) is 13.8 Å². The third-order valence-electron chi connectivity index (χ3n) is 5.37. The van der Waals surface area contributed by atoms with Gasteiger partial charge in [-0.3, -0.25) is 0 Å². The van der Waals surface area contributed by atoms with Gasteiger partial charge in [0.15, 0.2) is 0 Å². The summed E-state index contributed by atoms with van der Waals surface area (Å²) in [5, 5.41) is 4.21. The number of aromatic nitrogens is 3. The first kappa shape index (κ1) is 20.3. The lowest BCUT2D eigenvalue weighted by molar-refractivity contribution is 0.260. The number of pyridine rings is 1. The molecule has 0 radical (unpaired) electrons. The van der Waals surface area contributed by atoms with E-state index in [1.54, 1.807) is 6.20 Å². The molecule has 7 heteroatoms. The van der Waals surface area contributed by atoms with Crippen LogP contribution in [0.15, 0.2) is 28.9 Å². The van der Waals surface area contributed by atoms with Gasteiger partial charge in [0, 0.05) is 25.4 Å². The zero-order valence-corrected chi connectivity index (χ0v) is 18.2. The van der Waals surface area contributed by atoms with E-state index in [4.69, 9.17) is 14.0 Å². The fourth-order valence-corrected chi connectivity index (χ4v) is 3.48. The van der Waals surface area contributed by atoms with Crippen molar-refractivity contribution in [1.29, 1.82) is 0 Å². The Balaban J connectivity index is 1.60. The molecule has 1 atom stereocenters. The maximum Gasteiger partial charge on any atom is 0.259 e. The molecule has 0 amide bonds. The summed E-state index contributed by atoms with van der Waals surface area (Å²) < 4.78 is 16.8. The minimum atomic E-state index is 0.231. The topological polar surface area (TPSA) is 76.8 Å². The second-order valence-corrected chi connectivity index (χ2v) is 7.70. The molecule has 0 N–H and O–H groups in total. The quantitative estimate of drug-likeness (QED) is 0.517. The molecule has 1 saturated heterocycles. The Labute approximate surface area is 177 Å². The van der Waals surface area contributed by atoms with Crippen molar-refractivity contribution >= 4 is 5.82 Å². The first-order valence-electron chi connectivity index (χ1n) is 10.4. The van der Waals surface area contributed by atoms with E-state index in [1.165, 1.54) is 0 Å². The predicted molar refractivity (Wildman–Crippen MR) is 116 cm³/mol. The van der Waals surface area contributed by atoms with E-state index in [9.17, 15) is 0 Å². The summed E-state index contributed by atoms with van der Waals surface area (Å²) in [7, 11) is 2.03. The fraction of sp³-hybridized carbons (Fsp3) is 0.435. The summed E-state index contributed by atoms with van der Waals surface area (Å²) in [6, 6.07) is 6.15. The number of rotatable bonds is 8. The number of benzene rings is 1. The molecule has 3 aromatic rings. The van der Waals surface area contributed by atoms with Crippen LogP contribution in [0.5, 0.6) is 5.75 Å². The minimum Gasteiger partial charge on any atom is -0.490 e. The highest BCUT2D eigenvalue weighted by Gasteiger charge is 2.24. The molecule has 158 valence electrons. The second kappa shape index (κ2) is 8.44. The van der Waals surface area contributed by atoms with Crippen LogP contribution in [-0.2, 0) is 11.2 Å². The van der Waals surface area contributed by atoms with E-state index in [-0.39, 0.29) is 6.10 Å². The first-order chi connectivity index (χ1) is 14.5. The van der Waals surface area contributed by atoms with Gasteiger partial charge in [-0.2, -0.15) is 4.98 Å². The van der Waals surface area contributed by atoms with Crippen molar-refractivity contribution in [2.45, 2.75) is 40.2 Å². The highest BCUT2D eigenvalue weighted by Crippen LogP contribution is 2.32. The SMILES string of the molecule is CCc1cc(-c2noc(-c3cnc(N(C)CC)c(C)c3)n2)cc(C)c1OCC1CO1. The van der Waals surface area contributed by atoms with Crippen LogP contribution < -0.4 is 9.64 Å². The predicted octanol–water partition coefficient (Wildman–Crippen LogP) is 4.21. The Kier molecular flexibility index (Phi) is 5.72. The summed E-state index contributed by atoms with van der Waals surface area (Å²) in [5.41, 5.74) is 4.99. The number of anilines is 1. The zero-order valence-electron chi connectivity index (χ0n) is 18.2.